The van der Waals surface area contributed by atoms with Crippen LogP contribution in [-0.4, -0.2) is 53.2 Å². The zero-order valence-electron chi connectivity index (χ0n) is 10.2. The molecule has 7 nitrogen and oxygen atoms in total. The molecule has 0 fully saturated rings. The summed E-state index contributed by atoms with van der Waals surface area (Å²) in [5, 5.41) is 15.6. The maximum Gasteiger partial charge on any atom is 0.328 e. The lowest BCUT2D eigenvalue weighted by Gasteiger charge is -2.16. The highest BCUT2D eigenvalue weighted by atomic mass is 16.4. The molecule has 0 radical (unpaired) electrons. The molecule has 0 aliphatic heterocycles. The van der Waals surface area contributed by atoms with Gasteiger partial charge in [-0.25, -0.2) is 9.59 Å². The topological polar surface area (TPSA) is 116 Å². The molecule has 0 aliphatic rings. The molecule has 0 spiro atoms. The Hall–Kier alpha value is -1.44. The van der Waals surface area contributed by atoms with Crippen LogP contribution in [0.25, 0.3) is 0 Å². The quantitative estimate of drug-likeness (QED) is 0.272. The van der Waals surface area contributed by atoms with Gasteiger partial charge in [-0.05, 0) is 13.1 Å². The number of aliphatic carboxylic acids is 2. The summed E-state index contributed by atoms with van der Waals surface area (Å²) in [7, 11) is 0. The van der Waals surface area contributed by atoms with Crippen molar-refractivity contribution in [2.75, 3.05) is 26.2 Å². The summed E-state index contributed by atoms with van der Waals surface area (Å²) in [6, 6.07) is 0. The molecule has 0 aromatic heterocycles. The van der Waals surface area contributed by atoms with E-state index in [-0.39, 0.29) is 0 Å². The number of carboxylic acids is 2. The van der Waals surface area contributed by atoms with Crippen LogP contribution in [0.5, 0.6) is 0 Å². The van der Waals surface area contributed by atoms with E-state index < -0.39 is 11.9 Å². The lowest BCUT2D eigenvalue weighted by atomic mass is 10.5. The zero-order chi connectivity index (χ0) is 13.7. The van der Waals surface area contributed by atoms with Gasteiger partial charge < -0.3 is 15.1 Å². The first-order valence-electron chi connectivity index (χ1n) is 5.27. The maximum atomic E-state index is 9.55. The van der Waals surface area contributed by atoms with E-state index in [9.17, 15) is 9.59 Å². The second-order valence-corrected chi connectivity index (χ2v) is 2.99. The van der Waals surface area contributed by atoms with Crippen molar-refractivity contribution in [1.82, 2.24) is 10.3 Å². The molecule has 0 unspecified atom stereocenters. The minimum absolute atomic E-state index is 0.558. The predicted molar refractivity (Wildman–Crippen MR) is 64.4 cm³/mol. The van der Waals surface area contributed by atoms with Crippen molar-refractivity contribution in [3.05, 3.63) is 12.2 Å². The van der Waals surface area contributed by atoms with Crippen molar-refractivity contribution in [1.29, 1.82) is 0 Å². The van der Waals surface area contributed by atoms with Crippen LogP contribution in [0.2, 0.25) is 0 Å². The van der Waals surface area contributed by atoms with Crippen molar-refractivity contribution < 1.29 is 19.8 Å². The van der Waals surface area contributed by atoms with E-state index in [1.54, 1.807) is 0 Å². The molecule has 17 heavy (non-hydrogen) atoms. The highest BCUT2D eigenvalue weighted by Crippen LogP contribution is 1.82. The predicted octanol–water partition coefficient (Wildman–Crippen LogP) is -0.497. The van der Waals surface area contributed by atoms with Gasteiger partial charge in [-0.1, -0.05) is 13.8 Å². The van der Waals surface area contributed by atoms with Gasteiger partial charge in [-0.2, -0.15) is 0 Å². The number of likely N-dealkylation sites (N-methyl/N-ethyl adjacent to an activating group) is 1. The molecular formula is C10H21N3O4. The molecular weight excluding hydrogens is 226 g/mol. The molecule has 100 valence electrons. The summed E-state index contributed by atoms with van der Waals surface area (Å²) in [5.74, 6) is 2.60. The van der Waals surface area contributed by atoms with Crippen LogP contribution in [0.4, 0.5) is 0 Å². The third-order valence-corrected chi connectivity index (χ3v) is 1.84. The number of nitrogens with two attached hydrogens (primary N) is 1. The standard InChI is InChI=1S/C6H17N3.C4H4O4/c1-3-9(4-2)6-5-8-7;5-3(6)1-2-4(7)8/h8H,3-7H2,1-2H3;1-2H,(H,5,6)(H,7,8)/b;2-1-. The molecule has 0 aliphatic carbocycles. The summed E-state index contributed by atoms with van der Waals surface area (Å²) in [6.07, 6.45) is 1.12. The Balaban J connectivity index is 0. The van der Waals surface area contributed by atoms with E-state index in [0.717, 1.165) is 26.2 Å². The first-order chi connectivity index (χ1) is 7.97. The molecule has 0 heterocycles. The highest BCUT2D eigenvalue weighted by Gasteiger charge is 1.94. The van der Waals surface area contributed by atoms with Crippen LogP contribution in [-0.2, 0) is 9.59 Å². The van der Waals surface area contributed by atoms with Crippen molar-refractivity contribution in [2.45, 2.75) is 13.8 Å². The number of nitrogens with zero attached hydrogens (tertiary/aromatic N) is 1. The summed E-state index contributed by atoms with van der Waals surface area (Å²) < 4.78 is 0. The van der Waals surface area contributed by atoms with Gasteiger partial charge in [0.1, 0.15) is 0 Å². The van der Waals surface area contributed by atoms with Gasteiger partial charge in [-0.3, -0.25) is 11.3 Å². The summed E-state index contributed by atoms with van der Waals surface area (Å²) in [4.78, 5) is 21.4. The molecule has 0 amide bonds. The number of hydrogen-bond acceptors (Lipinski definition) is 5. The first kappa shape index (κ1) is 17.9. The third kappa shape index (κ3) is 17.2. The second-order valence-electron chi connectivity index (χ2n) is 2.99. The zero-order valence-corrected chi connectivity index (χ0v) is 10.2. The van der Waals surface area contributed by atoms with E-state index >= 15 is 0 Å². The van der Waals surface area contributed by atoms with Crippen molar-refractivity contribution in [3.8, 4) is 0 Å². The monoisotopic (exact) mass is 247 g/mol. The fraction of sp³-hybridized carbons (Fsp3) is 0.600. The van der Waals surface area contributed by atoms with Crippen LogP contribution >= 0.6 is 0 Å². The Kier molecular flexibility index (Phi) is 13.3. The van der Waals surface area contributed by atoms with E-state index in [1.807, 2.05) is 0 Å². The first-order valence-corrected chi connectivity index (χ1v) is 5.27. The van der Waals surface area contributed by atoms with Gasteiger partial charge in [0, 0.05) is 25.2 Å². The van der Waals surface area contributed by atoms with Crippen LogP contribution in [0, 0.1) is 0 Å². The fourth-order valence-corrected chi connectivity index (χ4v) is 0.905. The van der Waals surface area contributed by atoms with Gasteiger partial charge in [0.2, 0.25) is 0 Å². The number of hydrogen-bond donors (Lipinski definition) is 4. The van der Waals surface area contributed by atoms with Gasteiger partial charge in [-0.15, -0.1) is 0 Å². The molecule has 5 N–H and O–H groups in total. The van der Waals surface area contributed by atoms with E-state index in [2.05, 4.69) is 24.2 Å². The van der Waals surface area contributed by atoms with E-state index in [4.69, 9.17) is 16.1 Å². The SMILES string of the molecule is CCN(CC)CCNN.O=C(O)/C=C\C(=O)O. The summed E-state index contributed by atoms with van der Waals surface area (Å²) >= 11 is 0. The fourth-order valence-electron chi connectivity index (χ4n) is 0.905. The van der Waals surface area contributed by atoms with E-state index in [0.29, 0.717) is 12.2 Å². The molecule has 0 aromatic carbocycles. The molecule has 0 bridgehead atoms. The second kappa shape index (κ2) is 12.6. The number of carbonyl (C=O) groups is 2. The Morgan fingerprint density at radius 2 is 1.59 bits per heavy atom. The molecule has 0 aromatic rings. The number of carboxylic acid groups (broad SMARTS) is 2. The Bertz CT molecular complexity index is 224. The number of nitrogens with one attached hydrogen (secondary N) is 1. The summed E-state index contributed by atoms with van der Waals surface area (Å²) in [6.45, 7) is 8.45. The normalized spacial score (nSPS) is 10.1. The van der Waals surface area contributed by atoms with Gasteiger partial charge in [0.25, 0.3) is 0 Å². The van der Waals surface area contributed by atoms with Crippen LogP contribution < -0.4 is 11.3 Å². The van der Waals surface area contributed by atoms with Crippen molar-refractivity contribution in [2.24, 2.45) is 5.84 Å². The van der Waals surface area contributed by atoms with Crippen molar-refractivity contribution in [3.63, 3.8) is 0 Å². The highest BCUT2D eigenvalue weighted by molar-refractivity contribution is 5.89. The average molecular weight is 247 g/mol. The van der Waals surface area contributed by atoms with Gasteiger partial charge >= 0.3 is 11.9 Å². The van der Waals surface area contributed by atoms with Gasteiger partial charge in [0.15, 0.2) is 0 Å². The molecule has 0 rings (SSSR count). The van der Waals surface area contributed by atoms with Crippen LogP contribution in [0.3, 0.4) is 0 Å². The van der Waals surface area contributed by atoms with E-state index in [1.165, 1.54) is 0 Å². The average Bonchev–Trinajstić information content (AvgIpc) is 2.29. The Morgan fingerprint density at radius 3 is 1.82 bits per heavy atom. The number of hydrazine groups is 1. The largest absolute Gasteiger partial charge is 0.478 e. The third-order valence-electron chi connectivity index (χ3n) is 1.84. The summed E-state index contributed by atoms with van der Waals surface area (Å²) in [5.41, 5.74) is 2.63. The minimum Gasteiger partial charge on any atom is -0.478 e. The number of rotatable bonds is 7. The smallest absolute Gasteiger partial charge is 0.328 e. The molecule has 0 atom stereocenters. The Morgan fingerprint density at radius 1 is 1.18 bits per heavy atom. The van der Waals surface area contributed by atoms with Crippen LogP contribution in [0.1, 0.15) is 13.8 Å². The minimum atomic E-state index is -1.26. The molecule has 7 heteroatoms. The lowest BCUT2D eigenvalue weighted by molar-refractivity contribution is -0.134. The van der Waals surface area contributed by atoms with Crippen molar-refractivity contribution >= 4 is 11.9 Å². The molecule has 0 saturated carbocycles. The maximum absolute atomic E-state index is 9.55. The lowest BCUT2D eigenvalue weighted by Crippen LogP contribution is -2.34. The van der Waals surface area contributed by atoms with Gasteiger partial charge in [0.05, 0.1) is 0 Å². The van der Waals surface area contributed by atoms with Crippen LogP contribution in [0.15, 0.2) is 12.2 Å². The Labute approximate surface area is 101 Å². The molecule has 0 saturated heterocycles.